The summed E-state index contributed by atoms with van der Waals surface area (Å²) in [6.07, 6.45) is 0. The van der Waals surface area contributed by atoms with Gasteiger partial charge in [-0.25, -0.2) is 0 Å². The molecule has 0 fully saturated rings. The molecule has 0 aliphatic rings. The van der Waals surface area contributed by atoms with Crippen molar-refractivity contribution in [1.82, 2.24) is 5.32 Å². The molecule has 0 radical (unpaired) electrons. The summed E-state index contributed by atoms with van der Waals surface area (Å²) in [4.78, 5) is 0. The zero-order valence-electron chi connectivity index (χ0n) is 9.70. The molecular weight excluding hydrogens is 226 g/mol. The van der Waals surface area contributed by atoms with Crippen molar-refractivity contribution in [3.63, 3.8) is 0 Å². The van der Waals surface area contributed by atoms with Crippen molar-refractivity contribution in [2.75, 3.05) is 26.9 Å². The number of nitrogens with one attached hydrogen (secondary N) is 1. The van der Waals surface area contributed by atoms with E-state index in [2.05, 4.69) is 12.2 Å². The van der Waals surface area contributed by atoms with Gasteiger partial charge in [-0.1, -0.05) is 23.7 Å². The Bertz CT molecular complexity index is 307. The smallest absolute Gasteiger partial charge is 0.137 e. The van der Waals surface area contributed by atoms with Crippen LogP contribution in [-0.2, 0) is 4.74 Å². The van der Waals surface area contributed by atoms with Crippen LogP contribution < -0.4 is 10.1 Å². The molecule has 0 unspecified atom stereocenters. The Kier molecular flexibility index (Phi) is 6.23. The molecule has 0 saturated heterocycles. The standard InChI is InChI=1S/C12H18ClNO2/c1-10(9-15-2)14-7-8-16-12-6-4-3-5-11(12)13/h3-6,10,14H,7-9H2,1-2H3/t10-/m1/s1. The molecule has 1 N–H and O–H groups in total. The van der Waals surface area contributed by atoms with Crippen LogP contribution in [0.2, 0.25) is 5.02 Å². The van der Waals surface area contributed by atoms with Crippen molar-refractivity contribution in [1.29, 1.82) is 0 Å². The summed E-state index contributed by atoms with van der Waals surface area (Å²) in [5.74, 6) is 0.727. The van der Waals surface area contributed by atoms with Gasteiger partial charge in [0, 0.05) is 19.7 Å². The fourth-order valence-electron chi connectivity index (χ4n) is 1.34. The summed E-state index contributed by atoms with van der Waals surface area (Å²) in [5, 5.41) is 3.93. The van der Waals surface area contributed by atoms with Gasteiger partial charge in [-0.3, -0.25) is 0 Å². The predicted molar refractivity (Wildman–Crippen MR) is 66.3 cm³/mol. The zero-order valence-corrected chi connectivity index (χ0v) is 10.5. The minimum Gasteiger partial charge on any atom is -0.491 e. The molecule has 0 saturated carbocycles. The second kappa shape index (κ2) is 7.49. The monoisotopic (exact) mass is 243 g/mol. The van der Waals surface area contributed by atoms with E-state index in [4.69, 9.17) is 21.1 Å². The van der Waals surface area contributed by atoms with E-state index < -0.39 is 0 Å². The fourth-order valence-corrected chi connectivity index (χ4v) is 1.53. The van der Waals surface area contributed by atoms with Crippen LogP contribution in [0.3, 0.4) is 0 Å². The van der Waals surface area contributed by atoms with E-state index in [-0.39, 0.29) is 0 Å². The molecule has 90 valence electrons. The van der Waals surface area contributed by atoms with E-state index in [9.17, 15) is 0 Å². The first-order valence-corrected chi connectivity index (χ1v) is 5.71. The van der Waals surface area contributed by atoms with Gasteiger partial charge in [0.25, 0.3) is 0 Å². The Balaban J connectivity index is 2.19. The highest BCUT2D eigenvalue weighted by Gasteiger charge is 2.01. The minimum atomic E-state index is 0.333. The molecule has 0 bridgehead atoms. The van der Waals surface area contributed by atoms with Gasteiger partial charge >= 0.3 is 0 Å². The topological polar surface area (TPSA) is 30.5 Å². The average molecular weight is 244 g/mol. The first-order valence-electron chi connectivity index (χ1n) is 5.33. The second-order valence-corrected chi connectivity index (χ2v) is 4.00. The molecule has 1 aromatic carbocycles. The van der Waals surface area contributed by atoms with E-state index >= 15 is 0 Å². The van der Waals surface area contributed by atoms with Gasteiger partial charge in [-0.2, -0.15) is 0 Å². The first kappa shape index (κ1) is 13.3. The maximum Gasteiger partial charge on any atom is 0.137 e. The highest BCUT2D eigenvalue weighted by Crippen LogP contribution is 2.22. The number of hydrogen-bond donors (Lipinski definition) is 1. The molecule has 1 atom stereocenters. The molecule has 0 aliphatic carbocycles. The van der Waals surface area contributed by atoms with Gasteiger partial charge in [0.2, 0.25) is 0 Å². The molecule has 0 aliphatic heterocycles. The van der Waals surface area contributed by atoms with E-state index in [0.717, 1.165) is 12.3 Å². The summed E-state index contributed by atoms with van der Waals surface area (Å²) >= 11 is 5.95. The maximum atomic E-state index is 5.95. The van der Waals surface area contributed by atoms with Crippen LogP contribution >= 0.6 is 11.6 Å². The summed E-state index contributed by atoms with van der Waals surface area (Å²) in [6, 6.07) is 7.80. The van der Waals surface area contributed by atoms with E-state index in [1.165, 1.54) is 0 Å². The summed E-state index contributed by atoms with van der Waals surface area (Å²) in [7, 11) is 1.69. The van der Waals surface area contributed by atoms with Crippen LogP contribution in [0.15, 0.2) is 24.3 Å². The largest absolute Gasteiger partial charge is 0.491 e. The Morgan fingerprint density at radius 2 is 2.12 bits per heavy atom. The highest BCUT2D eigenvalue weighted by molar-refractivity contribution is 6.32. The lowest BCUT2D eigenvalue weighted by Gasteiger charge is -2.13. The van der Waals surface area contributed by atoms with Crippen molar-refractivity contribution in [2.24, 2.45) is 0 Å². The van der Waals surface area contributed by atoms with Gasteiger partial charge in [0.15, 0.2) is 0 Å². The van der Waals surface area contributed by atoms with Crippen molar-refractivity contribution in [3.8, 4) is 5.75 Å². The third-order valence-corrected chi connectivity index (χ3v) is 2.42. The van der Waals surface area contributed by atoms with Crippen molar-refractivity contribution in [2.45, 2.75) is 13.0 Å². The third kappa shape index (κ3) is 4.84. The molecule has 0 amide bonds. The molecule has 0 aromatic heterocycles. The number of benzene rings is 1. The number of ether oxygens (including phenoxy) is 2. The van der Waals surface area contributed by atoms with Crippen molar-refractivity contribution in [3.05, 3.63) is 29.3 Å². The minimum absolute atomic E-state index is 0.333. The molecule has 0 spiro atoms. The molecule has 1 rings (SSSR count). The molecular formula is C12H18ClNO2. The van der Waals surface area contributed by atoms with Crippen molar-refractivity contribution < 1.29 is 9.47 Å². The van der Waals surface area contributed by atoms with Gasteiger partial charge in [0.1, 0.15) is 12.4 Å². The van der Waals surface area contributed by atoms with Crippen molar-refractivity contribution >= 4 is 11.6 Å². The number of rotatable bonds is 7. The highest BCUT2D eigenvalue weighted by atomic mass is 35.5. The van der Waals surface area contributed by atoms with Gasteiger partial charge < -0.3 is 14.8 Å². The van der Waals surface area contributed by atoms with Crippen LogP contribution in [0.5, 0.6) is 5.75 Å². The molecule has 16 heavy (non-hydrogen) atoms. The Morgan fingerprint density at radius 1 is 1.38 bits per heavy atom. The Hall–Kier alpha value is -0.770. The van der Waals surface area contributed by atoms with E-state index in [0.29, 0.717) is 24.3 Å². The lowest BCUT2D eigenvalue weighted by molar-refractivity contribution is 0.169. The molecule has 0 heterocycles. The van der Waals surface area contributed by atoms with Gasteiger partial charge in [-0.15, -0.1) is 0 Å². The van der Waals surface area contributed by atoms with Gasteiger partial charge in [-0.05, 0) is 19.1 Å². The molecule has 1 aromatic rings. The SMILES string of the molecule is COC[C@@H](C)NCCOc1ccccc1Cl. The van der Waals surface area contributed by atoms with E-state index in [1.54, 1.807) is 7.11 Å². The fraction of sp³-hybridized carbons (Fsp3) is 0.500. The van der Waals surface area contributed by atoms with Crippen LogP contribution in [0.25, 0.3) is 0 Å². The summed E-state index contributed by atoms with van der Waals surface area (Å²) in [6.45, 7) is 4.14. The maximum absolute atomic E-state index is 5.95. The van der Waals surface area contributed by atoms with Crippen LogP contribution in [-0.4, -0.2) is 32.9 Å². The molecule has 3 nitrogen and oxygen atoms in total. The Morgan fingerprint density at radius 3 is 2.81 bits per heavy atom. The van der Waals surface area contributed by atoms with Gasteiger partial charge in [0.05, 0.1) is 11.6 Å². The molecule has 4 heteroatoms. The quantitative estimate of drug-likeness (QED) is 0.746. The lowest BCUT2D eigenvalue weighted by atomic mass is 10.3. The summed E-state index contributed by atoms with van der Waals surface area (Å²) < 4.78 is 10.5. The number of para-hydroxylation sites is 1. The zero-order chi connectivity index (χ0) is 11.8. The van der Waals surface area contributed by atoms with Crippen LogP contribution in [0.4, 0.5) is 0 Å². The van der Waals surface area contributed by atoms with E-state index in [1.807, 2.05) is 24.3 Å². The predicted octanol–water partition coefficient (Wildman–Crippen LogP) is 2.34. The summed E-state index contributed by atoms with van der Waals surface area (Å²) in [5.41, 5.74) is 0. The number of methoxy groups -OCH3 is 1. The third-order valence-electron chi connectivity index (χ3n) is 2.11. The lowest BCUT2D eigenvalue weighted by Crippen LogP contribution is -2.33. The first-order chi connectivity index (χ1) is 7.74. The van der Waals surface area contributed by atoms with Crippen LogP contribution in [0.1, 0.15) is 6.92 Å². The number of hydrogen-bond acceptors (Lipinski definition) is 3. The average Bonchev–Trinajstić information content (AvgIpc) is 2.27. The second-order valence-electron chi connectivity index (χ2n) is 3.59. The number of halogens is 1. The normalized spacial score (nSPS) is 12.4. The van der Waals surface area contributed by atoms with Crippen LogP contribution in [0, 0.1) is 0 Å². The Labute approximate surface area is 102 Å².